The van der Waals surface area contributed by atoms with Gasteiger partial charge in [-0.15, -0.1) is 0 Å². The highest BCUT2D eigenvalue weighted by Crippen LogP contribution is 2.23. The number of anilines is 1. The third-order valence-electron chi connectivity index (χ3n) is 4.16. The molecule has 7 heteroatoms. The van der Waals surface area contributed by atoms with Crippen LogP contribution in [0, 0.1) is 0 Å². The van der Waals surface area contributed by atoms with Crippen molar-refractivity contribution in [3.05, 3.63) is 60.0 Å². The molecule has 0 radical (unpaired) electrons. The van der Waals surface area contributed by atoms with Gasteiger partial charge in [0.2, 0.25) is 0 Å². The summed E-state index contributed by atoms with van der Waals surface area (Å²) in [6, 6.07) is 13.5. The van der Waals surface area contributed by atoms with E-state index in [9.17, 15) is 0 Å². The Kier molecular flexibility index (Phi) is 4.27. The van der Waals surface area contributed by atoms with E-state index < -0.39 is 0 Å². The standard InChI is InChI=1S/C19H19N5O2/c1-3-14-11-19(24-18(22-14)8-9-21-24)20-12-15-10-17(26-23-15)13-4-6-16(25-2)7-5-13/h4-11,20H,3,12H2,1-2H3. The monoisotopic (exact) mass is 349 g/mol. The van der Waals surface area contributed by atoms with Crippen molar-refractivity contribution in [1.29, 1.82) is 0 Å². The van der Waals surface area contributed by atoms with Crippen LogP contribution in [0.3, 0.4) is 0 Å². The fourth-order valence-corrected chi connectivity index (χ4v) is 2.74. The normalized spacial score (nSPS) is 11.0. The number of hydrogen-bond donors (Lipinski definition) is 1. The Morgan fingerprint density at radius 1 is 1.12 bits per heavy atom. The minimum absolute atomic E-state index is 0.530. The first-order valence-electron chi connectivity index (χ1n) is 8.44. The number of nitrogens with one attached hydrogen (secondary N) is 1. The van der Waals surface area contributed by atoms with Crippen LogP contribution in [0.5, 0.6) is 5.75 Å². The molecule has 0 unspecified atom stereocenters. The summed E-state index contributed by atoms with van der Waals surface area (Å²) in [5.74, 6) is 2.41. The summed E-state index contributed by atoms with van der Waals surface area (Å²) in [6.45, 7) is 2.61. The molecule has 3 aromatic heterocycles. The Morgan fingerprint density at radius 3 is 2.73 bits per heavy atom. The van der Waals surface area contributed by atoms with Crippen LogP contribution in [0.15, 0.2) is 53.2 Å². The number of rotatable bonds is 6. The van der Waals surface area contributed by atoms with Crippen LogP contribution in [0.4, 0.5) is 5.82 Å². The molecule has 1 N–H and O–H groups in total. The summed E-state index contributed by atoms with van der Waals surface area (Å²) in [5.41, 5.74) is 3.60. The number of benzene rings is 1. The number of nitrogens with zero attached hydrogens (tertiary/aromatic N) is 4. The Morgan fingerprint density at radius 2 is 1.96 bits per heavy atom. The van der Waals surface area contributed by atoms with Crippen molar-refractivity contribution < 1.29 is 9.26 Å². The summed E-state index contributed by atoms with van der Waals surface area (Å²) in [5, 5.41) is 11.8. The molecule has 0 aliphatic carbocycles. The second kappa shape index (κ2) is 6.87. The molecule has 3 heterocycles. The minimum atomic E-state index is 0.530. The van der Waals surface area contributed by atoms with E-state index in [1.165, 1.54) is 0 Å². The van der Waals surface area contributed by atoms with Crippen molar-refractivity contribution in [2.45, 2.75) is 19.9 Å². The molecule has 0 bridgehead atoms. The van der Waals surface area contributed by atoms with Gasteiger partial charge >= 0.3 is 0 Å². The molecule has 7 nitrogen and oxygen atoms in total. The van der Waals surface area contributed by atoms with Gasteiger partial charge in [-0.2, -0.15) is 9.61 Å². The lowest BCUT2D eigenvalue weighted by molar-refractivity contribution is 0.414. The molecule has 0 aliphatic rings. The smallest absolute Gasteiger partial charge is 0.167 e. The molecule has 132 valence electrons. The molecule has 0 atom stereocenters. The second-order valence-corrected chi connectivity index (χ2v) is 5.85. The van der Waals surface area contributed by atoms with Crippen LogP contribution in [0.25, 0.3) is 17.0 Å². The number of aryl methyl sites for hydroxylation is 1. The zero-order chi connectivity index (χ0) is 17.9. The maximum absolute atomic E-state index is 5.46. The maximum atomic E-state index is 5.46. The van der Waals surface area contributed by atoms with E-state index in [4.69, 9.17) is 9.26 Å². The minimum Gasteiger partial charge on any atom is -0.497 e. The summed E-state index contributed by atoms with van der Waals surface area (Å²) >= 11 is 0. The average molecular weight is 349 g/mol. The highest BCUT2D eigenvalue weighted by molar-refractivity contribution is 5.58. The summed E-state index contributed by atoms with van der Waals surface area (Å²) in [6.07, 6.45) is 2.60. The van der Waals surface area contributed by atoms with Gasteiger partial charge in [-0.25, -0.2) is 4.98 Å². The molecular weight excluding hydrogens is 330 g/mol. The first-order valence-corrected chi connectivity index (χ1v) is 8.44. The fraction of sp³-hybridized carbons (Fsp3) is 0.211. The SMILES string of the molecule is CCc1cc(NCc2cc(-c3ccc(OC)cc3)on2)n2nccc2n1. The zero-order valence-corrected chi connectivity index (χ0v) is 14.6. The van der Waals surface area contributed by atoms with Gasteiger partial charge in [0.25, 0.3) is 0 Å². The Bertz CT molecular complexity index is 1020. The first kappa shape index (κ1) is 16.1. The predicted octanol–water partition coefficient (Wildman–Crippen LogP) is 3.57. The van der Waals surface area contributed by atoms with Crippen molar-refractivity contribution in [3.63, 3.8) is 0 Å². The molecule has 0 saturated heterocycles. The van der Waals surface area contributed by atoms with Gasteiger partial charge in [-0.1, -0.05) is 12.1 Å². The lowest BCUT2D eigenvalue weighted by atomic mass is 10.1. The van der Waals surface area contributed by atoms with E-state index >= 15 is 0 Å². The quantitative estimate of drug-likeness (QED) is 0.573. The van der Waals surface area contributed by atoms with Gasteiger partial charge < -0.3 is 14.6 Å². The lowest BCUT2D eigenvalue weighted by Crippen LogP contribution is -2.07. The van der Waals surface area contributed by atoms with Crippen molar-refractivity contribution >= 4 is 11.5 Å². The molecule has 26 heavy (non-hydrogen) atoms. The topological polar surface area (TPSA) is 77.5 Å². The van der Waals surface area contributed by atoms with E-state index in [1.807, 2.05) is 42.5 Å². The number of aromatic nitrogens is 4. The highest BCUT2D eigenvalue weighted by atomic mass is 16.5. The summed E-state index contributed by atoms with van der Waals surface area (Å²) in [4.78, 5) is 4.54. The number of hydrogen-bond acceptors (Lipinski definition) is 6. The van der Waals surface area contributed by atoms with Crippen molar-refractivity contribution in [3.8, 4) is 17.1 Å². The van der Waals surface area contributed by atoms with Crippen molar-refractivity contribution in [1.82, 2.24) is 19.8 Å². The molecule has 0 aliphatic heterocycles. The molecular formula is C19H19N5O2. The summed E-state index contributed by atoms with van der Waals surface area (Å²) in [7, 11) is 1.65. The first-order chi connectivity index (χ1) is 12.8. The fourth-order valence-electron chi connectivity index (χ4n) is 2.74. The van der Waals surface area contributed by atoms with Gasteiger partial charge in [0.15, 0.2) is 11.4 Å². The van der Waals surface area contributed by atoms with Crippen LogP contribution in [0.1, 0.15) is 18.3 Å². The lowest BCUT2D eigenvalue weighted by Gasteiger charge is -2.08. The van der Waals surface area contributed by atoms with E-state index in [0.29, 0.717) is 6.54 Å². The zero-order valence-electron chi connectivity index (χ0n) is 14.6. The summed E-state index contributed by atoms with van der Waals surface area (Å²) < 4.78 is 12.4. The molecule has 0 amide bonds. The number of fused-ring (bicyclic) bond motifs is 1. The molecule has 0 saturated carbocycles. The van der Waals surface area contributed by atoms with Crippen molar-refractivity contribution in [2.24, 2.45) is 0 Å². The van der Waals surface area contributed by atoms with Gasteiger partial charge in [0, 0.05) is 29.5 Å². The number of ether oxygens (including phenoxy) is 1. The van der Waals surface area contributed by atoms with E-state index in [2.05, 4.69) is 27.5 Å². The van der Waals surface area contributed by atoms with E-state index in [1.54, 1.807) is 17.8 Å². The Hall–Kier alpha value is -3.35. The third kappa shape index (κ3) is 3.11. The Balaban J connectivity index is 1.52. The largest absolute Gasteiger partial charge is 0.497 e. The van der Waals surface area contributed by atoms with Crippen LogP contribution in [-0.4, -0.2) is 26.9 Å². The third-order valence-corrected chi connectivity index (χ3v) is 4.16. The highest BCUT2D eigenvalue weighted by Gasteiger charge is 2.09. The maximum Gasteiger partial charge on any atom is 0.167 e. The van der Waals surface area contributed by atoms with Crippen LogP contribution < -0.4 is 10.1 Å². The average Bonchev–Trinajstić information content (AvgIpc) is 3.35. The van der Waals surface area contributed by atoms with Gasteiger partial charge in [0.05, 0.1) is 19.9 Å². The second-order valence-electron chi connectivity index (χ2n) is 5.85. The molecule has 0 fully saturated rings. The van der Waals surface area contributed by atoms with E-state index in [0.717, 1.165) is 46.3 Å². The van der Waals surface area contributed by atoms with Crippen LogP contribution in [0.2, 0.25) is 0 Å². The Labute approximate surface area is 150 Å². The van der Waals surface area contributed by atoms with Crippen LogP contribution >= 0.6 is 0 Å². The van der Waals surface area contributed by atoms with Gasteiger partial charge in [-0.3, -0.25) is 0 Å². The molecule has 0 spiro atoms. The predicted molar refractivity (Wildman–Crippen MR) is 98.2 cm³/mol. The van der Waals surface area contributed by atoms with Crippen molar-refractivity contribution in [2.75, 3.05) is 12.4 Å². The van der Waals surface area contributed by atoms with E-state index in [-0.39, 0.29) is 0 Å². The van der Waals surface area contributed by atoms with Crippen LogP contribution in [-0.2, 0) is 13.0 Å². The molecule has 4 aromatic rings. The molecule has 1 aromatic carbocycles. The van der Waals surface area contributed by atoms with Gasteiger partial charge in [0.1, 0.15) is 17.3 Å². The molecule has 4 rings (SSSR count). The van der Waals surface area contributed by atoms with Gasteiger partial charge in [-0.05, 0) is 30.7 Å². The number of methoxy groups -OCH3 is 1.